The van der Waals surface area contributed by atoms with Gasteiger partial charge in [0.15, 0.2) is 0 Å². The van der Waals surface area contributed by atoms with Crippen molar-refractivity contribution in [2.24, 2.45) is 0 Å². The van der Waals surface area contributed by atoms with Crippen molar-refractivity contribution in [2.75, 3.05) is 9.80 Å². The Balaban J connectivity index is 1.10. The molecule has 11 aromatic rings. The lowest BCUT2D eigenvalue weighted by Gasteiger charge is -2.25. The molecule has 0 aliphatic rings. The van der Waals surface area contributed by atoms with Crippen LogP contribution in [0.3, 0.4) is 0 Å². The van der Waals surface area contributed by atoms with Crippen LogP contribution in [0.25, 0.3) is 60.0 Å². The minimum absolute atomic E-state index is 0.887. The molecular weight excluding hydrogens is 635 g/mol. The van der Waals surface area contributed by atoms with Crippen molar-refractivity contribution < 1.29 is 4.42 Å². The molecule has 0 saturated heterocycles. The summed E-state index contributed by atoms with van der Waals surface area (Å²) in [4.78, 5) is 4.62. The minimum atomic E-state index is 0.887. The molecule has 0 amide bonds. The summed E-state index contributed by atoms with van der Waals surface area (Å²) in [6.45, 7) is 0. The van der Waals surface area contributed by atoms with Gasteiger partial charge >= 0.3 is 0 Å². The van der Waals surface area contributed by atoms with Crippen molar-refractivity contribution in [1.82, 2.24) is 4.40 Å². The molecule has 4 heteroatoms. The lowest BCUT2D eigenvalue weighted by molar-refractivity contribution is 0.652. The summed E-state index contributed by atoms with van der Waals surface area (Å²) in [7, 11) is 0. The number of benzene rings is 8. The summed E-state index contributed by atoms with van der Waals surface area (Å²) in [6.07, 6.45) is 0. The zero-order valence-corrected chi connectivity index (χ0v) is 28.1. The molecule has 0 radical (unpaired) electrons. The average Bonchev–Trinajstić information content (AvgIpc) is 3.84. The maximum Gasteiger partial charge on any atom is 0.213 e. The van der Waals surface area contributed by atoms with Crippen LogP contribution in [0, 0.1) is 0 Å². The van der Waals surface area contributed by atoms with Gasteiger partial charge in [-0.1, -0.05) is 97.1 Å². The van der Waals surface area contributed by atoms with E-state index in [1.807, 2.05) is 0 Å². The Morgan fingerprint density at radius 2 is 0.904 bits per heavy atom. The Bertz CT molecular complexity index is 2980. The molecule has 0 saturated carbocycles. The zero-order valence-electron chi connectivity index (χ0n) is 28.1. The SMILES string of the molecule is c1ccc(N(c2ccccc2)c2ccc3cc4c(cc3c2)oc2c4c3cccc4c5cc(N(c6ccccc6)c6ccccc6)ccc5n2c43)cc1. The summed E-state index contributed by atoms with van der Waals surface area (Å²) in [5.74, 6) is 0. The van der Waals surface area contributed by atoms with Crippen LogP contribution in [0.15, 0.2) is 192 Å². The molecule has 0 fully saturated rings. The van der Waals surface area contributed by atoms with Gasteiger partial charge in [-0.15, -0.1) is 0 Å². The minimum Gasteiger partial charge on any atom is -0.439 e. The maximum absolute atomic E-state index is 6.88. The van der Waals surface area contributed by atoms with E-state index in [4.69, 9.17) is 4.42 Å². The van der Waals surface area contributed by atoms with Crippen molar-refractivity contribution >= 4 is 94.2 Å². The van der Waals surface area contributed by atoms with E-state index in [1.54, 1.807) is 0 Å². The van der Waals surface area contributed by atoms with Crippen molar-refractivity contribution in [3.8, 4) is 0 Å². The maximum atomic E-state index is 6.88. The van der Waals surface area contributed by atoms with Crippen molar-refractivity contribution in [1.29, 1.82) is 0 Å². The molecule has 52 heavy (non-hydrogen) atoms. The molecule has 0 spiro atoms. The predicted octanol–water partition coefficient (Wildman–Crippen LogP) is 13.7. The third-order valence-electron chi connectivity index (χ3n) is 10.4. The van der Waals surface area contributed by atoms with Crippen LogP contribution in [0.2, 0.25) is 0 Å². The topological polar surface area (TPSA) is 24.0 Å². The van der Waals surface area contributed by atoms with Gasteiger partial charge in [-0.05, 0) is 102 Å². The predicted molar refractivity (Wildman–Crippen MR) is 218 cm³/mol. The van der Waals surface area contributed by atoms with E-state index in [2.05, 4.69) is 202 Å². The van der Waals surface area contributed by atoms with E-state index in [-0.39, 0.29) is 0 Å². The highest BCUT2D eigenvalue weighted by atomic mass is 16.3. The standard InChI is InChI=1S/C48H31N3O/c1-5-14-34(15-6-1)49(35-16-7-2-8-17-35)38-25-24-32-29-43-45(30-33(32)28-38)52-48-46(43)41-23-13-22-40-42-31-39(26-27-44(42)51(48)47(40)41)50(36-18-9-3-10-19-36)37-20-11-4-12-21-37/h1-31H. The first-order chi connectivity index (χ1) is 25.8. The van der Waals surface area contributed by atoms with Crippen LogP contribution in [-0.4, -0.2) is 4.40 Å². The Kier molecular flexibility index (Phi) is 6.22. The van der Waals surface area contributed by atoms with Crippen molar-refractivity contribution in [3.63, 3.8) is 0 Å². The molecule has 244 valence electrons. The summed E-state index contributed by atoms with van der Waals surface area (Å²) in [6, 6.07) is 66.9. The van der Waals surface area contributed by atoms with Crippen LogP contribution in [-0.2, 0) is 0 Å². The number of rotatable bonds is 6. The second-order valence-electron chi connectivity index (χ2n) is 13.4. The van der Waals surface area contributed by atoms with E-state index in [9.17, 15) is 0 Å². The van der Waals surface area contributed by atoms with Crippen LogP contribution < -0.4 is 9.80 Å². The molecular formula is C48H31N3O. The van der Waals surface area contributed by atoms with Crippen LogP contribution in [0.5, 0.6) is 0 Å². The van der Waals surface area contributed by atoms with Crippen molar-refractivity contribution in [3.05, 3.63) is 188 Å². The lowest BCUT2D eigenvalue weighted by atomic mass is 10.0. The van der Waals surface area contributed by atoms with Gasteiger partial charge in [0.25, 0.3) is 0 Å². The van der Waals surface area contributed by atoms with E-state index < -0.39 is 0 Å². The van der Waals surface area contributed by atoms with E-state index >= 15 is 0 Å². The second kappa shape index (κ2) is 11.2. The number of nitrogens with zero attached hydrogens (tertiary/aromatic N) is 3. The monoisotopic (exact) mass is 665 g/mol. The van der Waals surface area contributed by atoms with E-state index in [0.717, 1.165) is 67.1 Å². The summed E-state index contributed by atoms with van der Waals surface area (Å²) in [5, 5.41) is 8.26. The van der Waals surface area contributed by atoms with Crippen LogP contribution >= 0.6 is 0 Å². The number of hydrogen-bond donors (Lipinski definition) is 0. The van der Waals surface area contributed by atoms with Gasteiger partial charge in [0.1, 0.15) is 5.58 Å². The summed E-state index contributed by atoms with van der Waals surface area (Å²) < 4.78 is 9.21. The first kappa shape index (κ1) is 28.8. The average molecular weight is 666 g/mol. The second-order valence-corrected chi connectivity index (χ2v) is 13.4. The molecule has 0 unspecified atom stereocenters. The number of furan rings is 1. The largest absolute Gasteiger partial charge is 0.439 e. The highest BCUT2D eigenvalue weighted by Gasteiger charge is 2.24. The molecule has 8 aromatic carbocycles. The molecule has 0 bridgehead atoms. The Labute approximate surface area is 299 Å². The highest BCUT2D eigenvalue weighted by molar-refractivity contribution is 6.28. The number of anilines is 6. The molecule has 3 aromatic heterocycles. The molecule has 11 rings (SSSR count). The molecule has 0 N–H and O–H groups in total. The Morgan fingerprint density at radius 1 is 0.365 bits per heavy atom. The van der Waals surface area contributed by atoms with Gasteiger partial charge in [0.2, 0.25) is 5.71 Å². The fourth-order valence-corrected chi connectivity index (χ4v) is 8.18. The highest BCUT2D eigenvalue weighted by Crippen LogP contribution is 2.46. The number of fused-ring (bicyclic) bond motifs is 9. The third-order valence-corrected chi connectivity index (χ3v) is 10.4. The van der Waals surface area contributed by atoms with Gasteiger partial charge in [-0.25, -0.2) is 0 Å². The number of para-hydroxylation sites is 5. The fourth-order valence-electron chi connectivity index (χ4n) is 8.18. The first-order valence-corrected chi connectivity index (χ1v) is 17.7. The lowest BCUT2D eigenvalue weighted by Crippen LogP contribution is -2.09. The van der Waals surface area contributed by atoms with E-state index in [1.165, 1.54) is 27.1 Å². The van der Waals surface area contributed by atoms with E-state index in [0.29, 0.717) is 0 Å². The normalized spacial score (nSPS) is 11.8. The van der Waals surface area contributed by atoms with Gasteiger partial charge in [-0.2, -0.15) is 0 Å². The Morgan fingerprint density at radius 3 is 1.50 bits per heavy atom. The van der Waals surface area contributed by atoms with Crippen LogP contribution in [0.1, 0.15) is 0 Å². The smallest absolute Gasteiger partial charge is 0.213 e. The zero-order chi connectivity index (χ0) is 34.2. The van der Waals surface area contributed by atoms with Crippen molar-refractivity contribution in [2.45, 2.75) is 0 Å². The summed E-state index contributed by atoms with van der Waals surface area (Å²) >= 11 is 0. The van der Waals surface area contributed by atoms with Gasteiger partial charge in [0, 0.05) is 55.7 Å². The van der Waals surface area contributed by atoms with Gasteiger partial charge < -0.3 is 14.2 Å². The Hall–Kier alpha value is -7.04. The number of hydrogen-bond acceptors (Lipinski definition) is 3. The molecule has 4 nitrogen and oxygen atoms in total. The summed E-state index contributed by atoms with van der Waals surface area (Å²) in [5.41, 5.74) is 10.8. The fraction of sp³-hybridized carbons (Fsp3) is 0. The molecule has 0 aliphatic carbocycles. The van der Waals surface area contributed by atoms with Crippen LogP contribution in [0.4, 0.5) is 34.1 Å². The number of aromatic nitrogens is 1. The quantitative estimate of drug-likeness (QED) is 0.177. The van der Waals surface area contributed by atoms with Gasteiger partial charge in [-0.3, -0.25) is 4.40 Å². The van der Waals surface area contributed by atoms with Gasteiger partial charge in [0.05, 0.1) is 16.4 Å². The molecule has 0 atom stereocenters. The molecule has 0 aliphatic heterocycles. The third kappa shape index (κ3) is 4.28. The first-order valence-electron chi connectivity index (χ1n) is 17.7. The molecule has 3 heterocycles.